The Hall–Kier alpha value is -1.31. The molecule has 108 valence electrons. The monoisotopic (exact) mass is 272 g/mol. The van der Waals surface area contributed by atoms with Crippen molar-refractivity contribution in [2.45, 2.75) is 58.0 Å². The van der Waals surface area contributed by atoms with Gasteiger partial charge in [-0.1, -0.05) is 43.2 Å². The molecule has 0 saturated heterocycles. The quantitative estimate of drug-likeness (QED) is 0.758. The molecule has 1 aromatic carbocycles. The highest BCUT2D eigenvalue weighted by molar-refractivity contribution is 5.72. The van der Waals surface area contributed by atoms with Gasteiger partial charge in [-0.3, -0.25) is 4.79 Å². The van der Waals surface area contributed by atoms with E-state index in [1.165, 1.54) is 38.5 Å². The van der Waals surface area contributed by atoms with Gasteiger partial charge >= 0.3 is 5.97 Å². The van der Waals surface area contributed by atoms with Gasteiger partial charge < -0.3 is 4.74 Å². The van der Waals surface area contributed by atoms with Crippen LogP contribution < -0.4 is 0 Å². The van der Waals surface area contributed by atoms with Crippen molar-refractivity contribution in [2.24, 2.45) is 11.3 Å². The highest BCUT2D eigenvalue weighted by atomic mass is 16.5. The van der Waals surface area contributed by atoms with Crippen molar-refractivity contribution in [2.75, 3.05) is 0 Å². The Bertz CT molecular complexity index is 436. The van der Waals surface area contributed by atoms with Gasteiger partial charge in [0.15, 0.2) is 0 Å². The van der Waals surface area contributed by atoms with Gasteiger partial charge in [-0.2, -0.15) is 0 Å². The fraction of sp³-hybridized carbons (Fsp3) is 0.611. The van der Waals surface area contributed by atoms with E-state index in [1.54, 1.807) is 0 Å². The highest BCUT2D eigenvalue weighted by Gasteiger charge is 2.39. The Morgan fingerprint density at radius 2 is 1.70 bits per heavy atom. The minimum Gasteiger partial charge on any atom is -0.461 e. The molecule has 0 heterocycles. The van der Waals surface area contributed by atoms with E-state index < -0.39 is 0 Å². The third-order valence-electron chi connectivity index (χ3n) is 5.27. The second-order valence-corrected chi connectivity index (χ2v) is 6.57. The minimum atomic E-state index is 0.0155. The summed E-state index contributed by atoms with van der Waals surface area (Å²) in [6.07, 6.45) is 10.1. The lowest BCUT2D eigenvalue weighted by atomic mass is 9.69. The maximum Gasteiger partial charge on any atom is 0.309 e. The minimum absolute atomic E-state index is 0.0155. The van der Waals surface area contributed by atoms with Crippen molar-refractivity contribution in [3.05, 3.63) is 35.9 Å². The lowest BCUT2D eigenvalue weighted by Gasteiger charge is -2.36. The smallest absolute Gasteiger partial charge is 0.309 e. The number of benzene rings is 1. The summed E-state index contributed by atoms with van der Waals surface area (Å²) in [6.45, 7) is 0.418. The van der Waals surface area contributed by atoms with E-state index in [9.17, 15) is 4.79 Å². The molecule has 1 aromatic rings. The van der Waals surface area contributed by atoms with E-state index in [0.717, 1.165) is 18.4 Å². The van der Waals surface area contributed by atoms with Gasteiger partial charge in [0.2, 0.25) is 0 Å². The average Bonchev–Trinajstić information content (AvgIpc) is 2.95. The highest BCUT2D eigenvalue weighted by Crippen LogP contribution is 2.50. The first-order valence-electron chi connectivity index (χ1n) is 7.98. The van der Waals surface area contributed by atoms with Crippen LogP contribution in [0.2, 0.25) is 0 Å². The maximum absolute atomic E-state index is 12.2. The van der Waals surface area contributed by atoms with Crippen LogP contribution in [0.3, 0.4) is 0 Å². The average molecular weight is 272 g/mol. The summed E-state index contributed by atoms with van der Waals surface area (Å²) in [7, 11) is 0. The SMILES string of the molecule is O=C(OCc1ccccc1)C1CCC2(CCCC2)CC1. The second kappa shape index (κ2) is 5.99. The molecule has 0 N–H and O–H groups in total. The Balaban J connectivity index is 1.47. The molecule has 0 radical (unpaired) electrons. The second-order valence-electron chi connectivity index (χ2n) is 6.57. The van der Waals surface area contributed by atoms with Gasteiger partial charge in [0.25, 0.3) is 0 Å². The third kappa shape index (κ3) is 3.05. The van der Waals surface area contributed by atoms with Crippen LogP contribution in [0, 0.1) is 11.3 Å². The van der Waals surface area contributed by atoms with E-state index in [1.807, 2.05) is 30.3 Å². The van der Waals surface area contributed by atoms with Crippen LogP contribution in [0.4, 0.5) is 0 Å². The molecule has 1 spiro atoms. The zero-order valence-electron chi connectivity index (χ0n) is 12.1. The lowest BCUT2D eigenvalue weighted by Crippen LogP contribution is -2.29. The molecular formula is C18H24O2. The van der Waals surface area contributed by atoms with Crippen LogP contribution in [-0.4, -0.2) is 5.97 Å². The standard InChI is InChI=1S/C18H24O2/c19-17(20-14-15-6-2-1-3-7-15)16-8-12-18(13-9-16)10-4-5-11-18/h1-3,6-7,16H,4-5,8-14H2. The van der Waals surface area contributed by atoms with Crippen molar-refractivity contribution in [1.29, 1.82) is 0 Å². The lowest BCUT2D eigenvalue weighted by molar-refractivity contribution is -0.151. The van der Waals surface area contributed by atoms with Crippen LogP contribution in [-0.2, 0) is 16.1 Å². The zero-order valence-corrected chi connectivity index (χ0v) is 12.1. The number of hydrogen-bond donors (Lipinski definition) is 0. The zero-order chi connectivity index (χ0) is 13.8. The Kier molecular flexibility index (Phi) is 4.09. The van der Waals surface area contributed by atoms with Gasteiger partial charge in [0, 0.05) is 0 Å². The Labute approximate surface area is 121 Å². The number of rotatable bonds is 3. The largest absolute Gasteiger partial charge is 0.461 e. The summed E-state index contributed by atoms with van der Waals surface area (Å²) in [4.78, 5) is 12.2. The normalized spacial score (nSPS) is 22.0. The molecule has 3 rings (SSSR count). The molecule has 2 heteroatoms. The summed E-state index contributed by atoms with van der Waals surface area (Å²) in [6, 6.07) is 9.94. The van der Waals surface area contributed by atoms with Gasteiger partial charge in [0.1, 0.15) is 6.61 Å². The first-order valence-corrected chi connectivity index (χ1v) is 7.98. The molecule has 2 aliphatic carbocycles. The van der Waals surface area contributed by atoms with Gasteiger partial charge in [0.05, 0.1) is 5.92 Å². The topological polar surface area (TPSA) is 26.3 Å². The van der Waals surface area contributed by atoms with E-state index in [0.29, 0.717) is 12.0 Å². The van der Waals surface area contributed by atoms with Crippen LogP contribution in [0.25, 0.3) is 0 Å². The first-order chi connectivity index (χ1) is 9.77. The Morgan fingerprint density at radius 1 is 1.05 bits per heavy atom. The number of carbonyl (C=O) groups excluding carboxylic acids is 1. The molecular weight excluding hydrogens is 248 g/mol. The summed E-state index contributed by atoms with van der Waals surface area (Å²) < 4.78 is 5.48. The van der Waals surface area contributed by atoms with Crippen molar-refractivity contribution in [3.63, 3.8) is 0 Å². The van der Waals surface area contributed by atoms with Gasteiger partial charge in [-0.25, -0.2) is 0 Å². The number of ether oxygens (including phenoxy) is 1. The van der Waals surface area contributed by atoms with Crippen LogP contribution in [0.5, 0.6) is 0 Å². The fourth-order valence-electron chi connectivity index (χ4n) is 3.94. The summed E-state index contributed by atoms with van der Waals surface area (Å²) >= 11 is 0. The predicted octanol–water partition coefficient (Wildman–Crippen LogP) is 4.48. The van der Waals surface area contributed by atoms with Gasteiger partial charge in [-0.15, -0.1) is 0 Å². The van der Waals surface area contributed by atoms with Crippen LogP contribution in [0.1, 0.15) is 56.9 Å². The predicted molar refractivity (Wildman–Crippen MR) is 79.1 cm³/mol. The molecule has 0 unspecified atom stereocenters. The van der Waals surface area contributed by atoms with E-state index in [4.69, 9.17) is 4.74 Å². The molecule has 2 saturated carbocycles. The molecule has 0 aliphatic heterocycles. The van der Waals surface area contributed by atoms with Crippen molar-refractivity contribution >= 4 is 5.97 Å². The summed E-state index contributed by atoms with van der Waals surface area (Å²) in [5.41, 5.74) is 1.67. The van der Waals surface area contributed by atoms with E-state index >= 15 is 0 Å². The van der Waals surface area contributed by atoms with E-state index in [-0.39, 0.29) is 11.9 Å². The molecule has 2 nitrogen and oxygen atoms in total. The van der Waals surface area contributed by atoms with Crippen molar-refractivity contribution in [3.8, 4) is 0 Å². The van der Waals surface area contributed by atoms with Crippen LogP contribution >= 0.6 is 0 Å². The number of hydrogen-bond acceptors (Lipinski definition) is 2. The molecule has 0 aromatic heterocycles. The van der Waals surface area contributed by atoms with E-state index in [2.05, 4.69) is 0 Å². The van der Waals surface area contributed by atoms with Crippen molar-refractivity contribution in [1.82, 2.24) is 0 Å². The Morgan fingerprint density at radius 3 is 2.35 bits per heavy atom. The molecule has 0 atom stereocenters. The van der Waals surface area contributed by atoms with Crippen LogP contribution in [0.15, 0.2) is 30.3 Å². The molecule has 0 bridgehead atoms. The first kappa shape index (κ1) is 13.7. The molecule has 2 fully saturated rings. The number of esters is 1. The molecule has 20 heavy (non-hydrogen) atoms. The van der Waals surface area contributed by atoms with Crippen molar-refractivity contribution < 1.29 is 9.53 Å². The fourth-order valence-corrected chi connectivity index (χ4v) is 3.94. The molecule has 2 aliphatic rings. The summed E-state index contributed by atoms with van der Waals surface area (Å²) in [5, 5.41) is 0. The summed E-state index contributed by atoms with van der Waals surface area (Å²) in [5.74, 6) is 0.159. The number of carbonyl (C=O) groups is 1. The maximum atomic E-state index is 12.2. The molecule has 0 amide bonds. The van der Waals surface area contributed by atoms with Gasteiger partial charge in [-0.05, 0) is 49.5 Å². The third-order valence-corrected chi connectivity index (χ3v) is 5.27.